The molecule has 0 atom stereocenters. The molecule has 5 heteroatoms. The van der Waals surface area contributed by atoms with Crippen molar-refractivity contribution in [1.29, 1.82) is 0 Å². The number of nitrogens with one attached hydrogen (secondary N) is 1. The molecule has 4 nitrogen and oxygen atoms in total. The molecule has 3 aromatic rings. The van der Waals surface area contributed by atoms with Gasteiger partial charge < -0.3 is 10.1 Å². The van der Waals surface area contributed by atoms with E-state index in [-0.39, 0.29) is 5.91 Å². The second-order valence-electron chi connectivity index (χ2n) is 6.42. The topological polar surface area (TPSA) is 51.2 Å². The Balaban J connectivity index is 1.48. The van der Waals surface area contributed by atoms with Crippen molar-refractivity contribution in [3.63, 3.8) is 0 Å². The van der Waals surface area contributed by atoms with E-state index in [1.165, 1.54) is 17.8 Å². The Hall–Kier alpha value is -2.84. The molecule has 0 saturated carbocycles. The molecule has 0 fully saturated rings. The van der Waals surface area contributed by atoms with Gasteiger partial charge in [0.1, 0.15) is 5.75 Å². The standard InChI is InChI=1S/C23H24N2O2S/c1-2-3-4-5-6-7-13-27-20-10-8-9-18(14-20)16-24-23(26)19-11-12-21-22(15-19)28-17-25-21/h8-12,14-15,17H,2-4,7,13,16H2,1H3,(H,24,26). The number of carbonyl (C=O) groups is 1. The van der Waals surface area contributed by atoms with Crippen LogP contribution in [0.3, 0.4) is 0 Å². The lowest BCUT2D eigenvalue weighted by molar-refractivity contribution is 0.0951. The number of aromatic nitrogens is 1. The molecular formula is C23H24N2O2S. The molecule has 0 aliphatic carbocycles. The smallest absolute Gasteiger partial charge is 0.251 e. The summed E-state index contributed by atoms with van der Waals surface area (Å²) < 4.78 is 6.78. The van der Waals surface area contributed by atoms with Crippen molar-refractivity contribution >= 4 is 27.5 Å². The zero-order valence-corrected chi connectivity index (χ0v) is 16.8. The van der Waals surface area contributed by atoms with Crippen LogP contribution in [0.2, 0.25) is 0 Å². The number of hydrogen-bond donors (Lipinski definition) is 1. The molecule has 144 valence electrons. The first-order valence-electron chi connectivity index (χ1n) is 9.55. The maximum Gasteiger partial charge on any atom is 0.251 e. The van der Waals surface area contributed by atoms with Gasteiger partial charge >= 0.3 is 0 Å². The van der Waals surface area contributed by atoms with Crippen LogP contribution in [0.25, 0.3) is 10.2 Å². The van der Waals surface area contributed by atoms with E-state index in [2.05, 4.69) is 29.1 Å². The van der Waals surface area contributed by atoms with Crippen molar-refractivity contribution in [3.8, 4) is 17.6 Å². The van der Waals surface area contributed by atoms with Crippen LogP contribution in [-0.2, 0) is 6.54 Å². The van der Waals surface area contributed by atoms with Crippen molar-refractivity contribution in [2.24, 2.45) is 0 Å². The van der Waals surface area contributed by atoms with E-state index in [4.69, 9.17) is 4.74 Å². The Kier molecular flexibility index (Phi) is 7.45. The van der Waals surface area contributed by atoms with Crippen molar-refractivity contribution < 1.29 is 9.53 Å². The van der Waals surface area contributed by atoms with Gasteiger partial charge in [0.25, 0.3) is 5.91 Å². The molecule has 0 aliphatic rings. The minimum Gasteiger partial charge on any atom is -0.493 e. The van der Waals surface area contributed by atoms with Gasteiger partial charge in [-0.1, -0.05) is 31.4 Å². The Bertz CT molecular complexity index is 985. The zero-order chi connectivity index (χ0) is 19.6. The molecule has 3 rings (SSSR count). The predicted octanol–water partition coefficient (Wildman–Crippen LogP) is 5.19. The fraction of sp³-hybridized carbons (Fsp3) is 0.304. The lowest BCUT2D eigenvalue weighted by Gasteiger charge is -2.08. The van der Waals surface area contributed by atoms with E-state index in [1.807, 2.05) is 36.4 Å². The van der Waals surface area contributed by atoms with Gasteiger partial charge in [-0.05, 0) is 42.3 Å². The molecule has 1 aromatic heterocycles. The fourth-order valence-corrected chi connectivity index (χ4v) is 3.40. The lowest BCUT2D eigenvalue weighted by atomic mass is 10.2. The Morgan fingerprint density at radius 3 is 2.96 bits per heavy atom. The Morgan fingerprint density at radius 1 is 1.18 bits per heavy atom. The van der Waals surface area contributed by atoms with Crippen molar-refractivity contribution in [2.45, 2.75) is 39.2 Å². The highest BCUT2D eigenvalue weighted by molar-refractivity contribution is 7.16. The minimum atomic E-state index is -0.0935. The average Bonchev–Trinajstić information content (AvgIpc) is 3.19. The number of rotatable bonds is 8. The van der Waals surface area contributed by atoms with Gasteiger partial charge in [-0.3, -0.25) is 4.79 Å². The number of benzene rings is 2. The number of hydrogen-bond acceptors (Lipinski definition) is 4. The lowest BCUT2D eigenvalue weighted by Crippen LogP contribution is -2.22. The maximum atomic E-state index is 12.4. The third-order valence-corrected chi connectivity index (χ3v) is 5.01. The Morgan fingerprint density at radius 2 is 2.07 bits per heavy atom. The van der Waals surface area contributed by atoms with Gasteiger partial charge in [0.05, 0.1) is 22.3 Å². The fourth-order valence-electron chi connectivity index (χ4n) is 2.69. The number of carbonyl (C=O) groups excluding carboxylic acids is 1. The monoisotopic (exact) mass is 392 g/mol. The second kappa shape index (κ2) is 10.5. The number of fused-ring (bicyclic) bond motifs is 1. The highest BCUT2D eigenvalue weighted by Gasteiger charge is 2.07. The van der Waals surface area contributed by atoms with Gasteiger partial charge in [-0.25, -0.2) is 4.98 Å². The summed E-state index contributed by atoms with van der Waals surface area (Å²) in [7, 11) is 0. The van der Waals surface area contributed by atoms with Gasteiger partial charge in [0.15, 0.2) is 0 Å². The summed E-state index contributed by atoms with van der Waals surface area (Å²) in [5.74, 6) is 7.01. The quantitative estimate of drug-likeness (QED) is 0.424. The molecule has 0 saturated heterocycles. The van der Waals surface area contributed by atoms with E-state index >= 15 is 0 Å². The molecule has 0 bridgehead atoms. The molecule has 0 spiro atoms. The molecule has 0 radical (unpaired) electrons. The van der Waals surface area contributed by atoms with Gasteiger partial charge in [-0.2, -0.15) is 0 Å². The number of thiazole rings is 1. The van der Waals surface area contributed by atoms with Gasteiger partial charge in [0, 0.05) is 24.9 Å². The summed E-state index contributed by atoms with van der Waals surface area (Å²) in [6.45, 7) is 3.19. The highest BCUT2D eigenvalue weighted by atomic mass is 32.1. The van der Waals surface area contributed by atoms with E-state index in [9.17, 15) is 4.79 Å². The van der Waals surface area contributed by atoms with Crippen LogP contribution in [0, 0.1) is 11.8 Å². The number of amides is 1. The first-order chi connectivity index (χ1) is 13.8. The van der Waals surface area contributed by atoms with E-state index < -0.39 is 0 Å². The van der Waals surface area contributed by atoms with Crippen molar-refractivity contribution in [2.75, 3.05) is 6.61 Å². The molecule has 0 unspecified atom stereocenters. The van der Waals surface area contributed by atoms with Crippen molar-refractivity contribution in [1.82, 2.24) is 10.3 Å². The SMILES string of the molecule is CCCCC#CCCOc1cccc(CNC(=O)c2ccc3ncsc3c2)c1. The van der Waals surface area contributed by atoms with Crippen LogP contribution in [0.1, 0.15) is 48.5 Å². The summed E-state index contributed by atoms with van der Waals surface area (Å²) >= 11 is 1.53. The van der Waals surface area contributed by atoms with E-state index in [0.717, 1.165) is 40.8 Å². The van der Waals surface area contributed by atoms with Gasteiger partial charge in [0.2, 0.25) is 0 Å². The highest BCUT2D eigenvalue weighted by Crippen LogP contribution is 2.19. The summed E-state index contributed by atoms with van der Waals surface area (Å²) in [5.41, 5.74) is 4.35. The third kappa shape index (κ3) is 5.83. The molecular weight excluding hydrogens is 368 g/mol. The van der Waals surface area contributed by atoms with E-state index in [0.29, 0.717) is 18.7 Å². The first kappa shape index (κ1) is 19.9. The second-order valence-corrected chi connectivity index (χ2v) is 7.31. The van der Waals surface area contributed by atoms with Crippen LogP contribution >= 0.6 is 11.3 Å². The molecule has 0 aliphatic heterocycles. The Labute approximate surface area is 170 Å². The van der Waals surface area contributed by atoms with Crippen LogP contribution < -0.4 is 10.1 Å². The van der Waals surface area contributed by atoms with Crippen LogP contribution in [0.15, 0.2) is 48.0 Å². The van der Waals surface area contributed by atoms with Gasteiger partial charge in [-0.15, -0.1) is 17.3 Å². The van der Waals surface area contributed by atoms with Crippen LogP contribution in [-0.4, -0.2) is 17.5 Å². The summed E-state index contributed by atoms with van der Waals surface area (Å²) in [6.07, 6.45) is 4.01. The normalized spacial score (nSPS) is 10.3. The molecule has 1 N–H and O–H groups in total. The summed E-state index contributed by atoms with van der Waals surface area (Å²) in [5, 5.41) is 2.96. The number of unbranched alkanes of at least 4 members (excludes halogenated alkanes) is 2. The summed E-state index contributed by atoms with van der Waals surface area (Å²) in [4.78, 5) is 16.7. The number of ether oxygens (including phenoxy) is 1. The average molecular weight is 393 g/mol. The number of nitrogens with zero attached hydrogens (tertiary/aromatic N) is 1. The molecule has 1 heterocycles. The molecule has 1 amide bonds. The largest absolute Gasteiger partial charge is 0.493 e. The zero-order valence-electron chi connectivity index (χ0n) is 16.0. The van der Waals surface area contributed by atoms with Crippen molar-refractivity contribution in [3.05, 3.63) is 59.1 Å². The maximum absolute atomic E-state index is 12.4. The predicted molar refractivity (Wildman–Crippen MR) is 115 cm³/mol. The molecule has 28 heavy (non-hydrogen) atoms. The van der Waals surface area contributed by atoms with Crippen LogP contribution in [0.4, 0.5) is 0 Å². The minimum absolute atomic E-state index is 0.0935. The van der Waals surface area contributed by atoms with Crippen LogP contribution in [0.5, 0.6) is 5.75 Å². The molecule has 2 aromatic carbocycles. The first-order valence-corrected chi connectivity index (χ1v) is 10.4. The third-order valence-electron chi connectivity index (χ3n) is 4.22. The summed E-state index contributed by atoms with van der Waals surface area (Å²) in [6, 6.07) is 13.4. The van der Waals surface area contributed by atoms with E-state index in [1.54, 1.807) is 11.6 Å².